The number of cyclic esters (lactones) is 1. The lowest BCUT2D eigenvalue weighted by Crippen LogP contribution is -2.45. The minimum Gasteiger partial charge on any atom is -0.497 e. The highest BCUT2D eigenvalue weighted by Gasteiger charge is 2.37. The predicted molar refractivity (Wildman–Crippen MR) is 96.7 cm³/mol. The minimum atomic E-state index is -0.714. The van der Waals surface area contributed by atoms with Gasteiger partial charge in [0.25, 0.3) is 0 Å². The second-order valence-corrected chi connectivity index (χ2v) is 6.10. The Bertz CT molecular complexity index is 891. The van der Waals surface area contributed by atoms with E-state index in [2.05, 4.69) is 11.4 Å². The number of ether oxygens (including phenoxy) is 2. The second-order valence-electron chi connectivity index (χ2n) is 6.10. The molecule has 0 saturated carbocycles. The Morgan fingerprint density at radius 3 is 2.85 bits per heavy atom. The molecule has 1 aliphatic heterocycles. The van der Waals surface area contributed by atoms with Crippen LogP contribution in [-0.2, 0) is 22.6 Å². The third-order valence-electron chi connectivity index (χ3n) is 4.29. The number of nitrogens with one attached hydrogen (secondary N) is 1. The Morgan fingerprint density at radius 2 is 2.07 bits per heavy atom. The molecule has 138 valence electrons. The number of carbonyl (C=O) groups excluding carboxylic acids is 2. The lowest BCUT2D eigenvalue weighted by atomic mass is 10.1. The summed E-state index contributed by atoms with van der Waals surface area (Å²) in [5, 5.41) is 11.8. The van der Waals surface area contributed by atoms with Crippen molar-refractivity contribution in [2.45, 2.75) is 19.1 Å². The van der Waals surface area contributed by atoms with Crippen molar-refractivity contribution in [1.82, 2.24) is 10.2 Å². The van der Waals surface area contributed by atoms with Gasteiger partial charge in [-0.2, -0.15) is 5.26 Å². The topological polar surface area (TPSA) is 91.7 Å². The van der Waals surface area contributed by atoms with Crippen molar-refractivity contribution in [1.29, 1.82) is 5.26 Å². The molecule has 2 aromatic rings. The Balaban J connectivity index is 1.65. The number of nitrogens with zero attached hydrogens (tertiary/aromatic N) is 2. The van der Waals surface area contributed by atoms with Crippen LogP contribution in [0, 0.1) is 11.3 Å². The van der Waals surface area contributed by atoms with E-state index in [0.717, 1.165) is 11.1 Å². The summed E-state index contributed by atoms with van der Waals surface area (Å²) in [5.74, 6) is 0.417. The first kappa shape index (κ1) is 18.3. The number of benzene rings is 2. The average molecular weight is 365 g/mol. The van der Waals surface area contributed by atoms with E-state index in [-0.39, 0.29) is 19.1 Å². The van der Waals surface area contributed by atoms with Gasteiger partial charge in [-0.3, -0.25) is 9.69 Å². The Kier molecular flexibility index (Phi) is 5.57. The van der Waals surface area contributed by atoms with Gasteiger partial charge in [0.1, 0.15) is 18.4 Å². The third kappa shape index (κ3) is 4.36. The molecule has 2 aromatic carbocycles. The van der Waals surface area contributed by atoms with Crippen molar-refractivity contribution < 1.29 is 19.1 Å². The zero-order valence-corrected chi connectivity index (χ0v) is 14.8. The van der Waals surface area contributed by atoms with E-state index < -0.39 is 12.1 Å². The highest BCUT2D eigenvalue weighted by molar-refractivity contribution is 5.87. The van der Waals surface area contributed by atoms with Crippen molar-refractivity contribution in [3.63, 3.8) is 0 Å². The van der Waals surface area contributed by atoms with Gasteiger partial charge in [0, 0.05) is 6.54 Å². The molecule has 1 N–H and O–H groups in total. The van der Waals surface area contributed by atoms with Crippen LogP contribution < -0.4 is 10.1 Å². The van der Waals surface area contributed by atoms with E-state index in [1.54, 1.807) is 31.4 Å². The van der Waals surface area contributed by atoms with Crippen molar-refractivity contribution in [2.75, 3.05) is 13.7 Å². The molecule has 1 saturated heterocycles. The molecule has 1 heterocycles. The van der Waals surface area contributed by atoms with E-state index in [0.29, 0.717) is 17.9 Å². The van der Waals surface area contributed by atoms with Gasteiger partial charge in [0.2, 0.25) is 5.91 Å². The van der Waals surface area contributed by atoms with Crippen LogP contribution in [0.15, 0.2) is 48.5 Å². The average Bonchev–Trinajstić information content (AvgIpc) is 3.07. The smallest absolute Gasteiger partial charge is 0.410 e. The maximum atomic E-state index is 12.6. The third-order valence-corrected chi connectivity index (χ3v) is 4.29. The summed E-state index contributed by atoms with van der Waals surface area (Å²) in [6.45, 7) is 0.519. The molecule has 7 heteroatoms. The predicted octanol–water partition coefficient (Wildman–Crippen LogP) is 2.20. The fourth-order valence-corrected chi connectivity index (χ4v) is 2.87. The quantitative estimate of drug-likeness (QED) is 0.847. The SMILES string of the molecule is COc1cccc(CNC(=O)[C@@H]2COC(=O)N2Cc2cccc(C#N)c2)c1. The molecule has 7 nitrogen and oxygen atoms in total. The van der Waals surface area contributed by atoms with E-state index in [4.69, 9.17) is 14.7 Å². The van der Waals surface area contributed by atoms with Crippen molar-refractivity contribution >= 4 is 12.0 Å². The fraction of sp³-hybridized carbons (Fsp3) is 0.250. The van der Waals surface area contributed by atoms with Crippen molar-refractivity contribution in [3.8, 4) is 11.8 Å². The molecule has 0 bridgehead atoms. The van der Waals surface area contributed by atoms with Gasteiger partial charge in [-0.1, -0.05) is 24.3 Å². The zero-order chi connectivity index (χ0) is 19.2. The molecule has 0 unspecified atom stereocenters. The van der Waals surface area contributed by atoms with Crippen LogP contribution in [-0.4, -0.2) is 36.7 Å². The molecule has 1 aliphatic rings. The molecule has 3 rings (SSSR count). The number of nitriles is 1. The maximum Gasteiger partial charge on any atom is 0.410 e. The van der Waals surface area contributed by atoms with Crippen LogP contribution in [0.4, 0.5) is 4.79 Å². The number of amides is 2. The van der Waals surface area contributed by atoms with Gasteiger partial charge < -0.3 is 14.8 Å². The fourth-order valence-electron chi connectivity index (χ4n) is 2.87. The first-order chi connectivity index (χ1) is 13.1. The van der Waals surface area contributed by atoms with Gasteiger partial charge in [-0.05, 0) is 35.4 Å². The first-order valence-corrected chi connectivity index (χ1v) is 8.44. The lowest BCUT2D eigenvalue weighted by Gasteiger charge is -2.21. The monoisotopic (exact) mass is 365 g/mol. The lowest BCUT2D eigenvalue weighted by molar-refractivity contribution is -0.125. The molecular formula is C20H19N3O4. The molecule has 2 amide bonds. The number of methoxy groups -OCH3 is 1. The summed E-state index contributed by atoms with van der Waals surface area (Å²) in [6.07, 6.45) is -0.543. The highest BCUT2D eigenvalue weighted by atomic mass is 16.6. The van der Waals surface area contributed by atoms with Crippen LogP contribution in [0.3, 0.4) is 0 Å². The molecular weight excluding hydrogens is 346 g/mol. The van der Waals surface area contributed by atoms with Crippen LogP contribution in [0.1, 0.15) is 16.7 Å². The van der Waals surface area contributed by atoms with E-state index >= 15 is 0 Å². The van der Waals surface area contributed by atoms with E-state index in [9.17, 15) is 9.59 Å². The zero-order valence-electron chi connectivity index (χ0n) is 14.8. The largest absolute Gasteiger partial charge is 0.497 e. The summed E-state index contributed by atoms with van der Waals surface area (Å²) in [7, 11) is 1.58. The van der Waals surface area contributed by atoms with Crippen molar-refractivity contribution in [3.05, 3.63) is 65.2 Å². The highest BCUT2D eigenvalue weighted by Crippen LogP contribution is 2.18. The molecule has 1 fully saturated rings. The summed E-state index contributed by atoms with van der Waals surface area (Å²) < 4.78 is 10.2. The normalized spacial score (nSPS) is 15.8. The molecule has 1 atom stereocenters. The molecule has 0 radical (unpaired) electrons. The Morgan fingerprint density at radius 1 is 1.30 bits per heavy atom. The minimum absolute atomic E-state index is 0.000712. The van der Waals surface area contributed by atoms with Crippen molar-refractivity contribution in [2.24, 2.45) is 0 Å². The van der Waals surface area contributed by atoms with Crippen LogP contribution >= 0.6 is 0 Å². The molecule has 0 aliphatic carbocycles. The summed E-state index contributed by atoms with van der Waals surface area (Å²) in [6, 6.07) is 15.7. The standard InChI is InChI=1S/C20H19N3O4/c1-26-17-7-3-5-15(9-17)11-22-19(24)18-13-27-20(25)23(18)12-16-6-2-4-14(8-16)10-21/h2-9,18H,11-13H2,1H3,(H,22,24)/t18-/m0/s1. The van der Waals surface area contributed by atoms with Gasteiger partial charge >= 0.3 is 6.09 Å². The molecule has 0 spiro atoms. The maximum absolute atomic E-state index is 12.6. The summed E-state index contributed by atoms with van der Waals surface area (Å²) >= 11 is 0. The van der Waals surface area contributed by atoms with E-state index in [1.165, 1.54) is 4.90 Å². The summed E-state index contributed by atoms with van der Waals surface area (Å²) in [4.78, 5) is 26.0. The second kappa shape index (κ2) is 8.23. The Hall–Kier alpha value is -3.53. The first-order valence-electron chi connectivity index (χ1n) is 8.44. The number of carbonyl (C=O) groups is 2. The Labute approximate surface area is 157 Å². The van der Waals surface area contributed by atoms with E-state index in [1.807, 2.05) is 24.3 Å². The van der Waals surface area contributed by atoms with Crippen LogP contribution in [0.5, 0.6) is 5.75 Å². The number of hydrogen-bond donors (Lipinski definition) is 1. The molecule has 27 heavy (non-hydrogen) atoms. The van der Waals surface area contributed by atoms with Gasteiger partial charge in [0.15, 0.2) is 0 Å². The molecule has 0 aromatic heterocycles. The van der Waals surface area contributed by atoms with Crippen LogP contribution in [0.2, 0.25) is 0 Å². The number of hydrogen-bond acceptors (Lipinski definition) is 5. The van der Waals surface area contributed by atoms with Gasteiger partial charge in [0.05, 0.1) is 25.3 Å². The van der Waals surface area contributed by atoms with Crippen LogP contribution in [0.25, 0.3) is 0 Å². The number of rotatable bonds is 6. The van der Waals surface area contributed by atoms with Gasteiger partial charge in [-0.25, -0.2) is 4.79 Å². The van der Waals surface area contributed by atoms with Gasteiger partial charge in [-0.15, -0.1) is 0 Å². The summed E-state index contributed by atoms with van der Waals surface area (Å²) in [5.41, 5.74) is 2.15.